The second-order valence-corrected chi connectivity index (χ2v) is 5.33. The molecule has 3 nitrogen and oxygen atoms in total. The maximum atomic E-state index is 5.92. The third-order valence-electron chi connectivity index (χ3n) is 3.45. The number of pyridine rings is 1. The fourth-order valence-corrected chi connectivity index (χ4v) is 2.46. The summed E-state index contributed by atoms with van der Waals surface area (Å²) >= 11 is 5.91. The lowest BCUT2D eigenvalue weighted by Gasteiger charge is -2.19. The van der Waals surface area contributed by atoms with Crippen molar-refractivity contribution in [1.82, 2.24) is 4.98 Å². The fourth-order valence-electron chi connectivity index (χ4n) is 2.34. The number of halogens is 1. The van der Waals surface area contributed by atoms with E-state index in [4.69, 9.17) is 17.3 Å². The van der Waals surface area contributed by atoms with Crippen LogP contribution in [0.2, 0.25) is 5.02 Å². The van der Waals surface area contributed by atoms with Gasteiger partial charge >= 0.3 is 0 Å². The lowest BCUT2D eigenvalue weighted by Crippen LogP contribution is -2.20. The lowest BCUT2D eigenvalue weighted by atomic mass is 10.0. The highest BCUT2D eigenvalue weighted by molar-refractivity contribution is 6.30. The first-order valence-corrected chi connectivity index (χ1v) is 7.21. The van der Waals surface area contributed by atoms with Crippen molar-refractivity contribution in [3.63, 3.8) is 0 Å². The molecule has 106 valence electrons. The molecule has 0 saturated heterocycles. The molecule has 0 saturated carbocycles. The summed E-state index contributed by atoms with van der Waals surface area (Å²) in [7, 11) is 0. The van der Waals surface area contributed by atoms with Crippen molar-refractivity contribution in [2.45, 2.75) is 6.04 Å². The number of benzene rings is 2. The van der Waals surface area contributed by atoms with Crippen LogP contribution in [0.5, 0.6) is 0 Å². The Balaban J connectivity index is 1.88. The summed E-state index contributed by atoms with van der Waals surface area (Å²) in [4.78, 5) is 4.33. The highest BCUT2D eigenvalue weighted by Gasteiger charge is 2.10. The maximum absolute atomic E-state index is 5.92. The highest BCUT2D eigenvalue weighted by Crippen LogP contribution is 2.23. The molecular formula is C17H16ClN3. The van der Waals surface area contributed by atoms with Gasteiger partial charge in [0.15, 0.2) is 0 Å². The Labute approximate surface area is 128 Å². The third kappa shape index (κ3) is 3.15. The first-order chi connectivity index (χ1) is 10.3. The van der Waals surface area contributed by atoms with Crippen LogP contribution in [-0.2, 0) is 0 Å². The summed E-state index contributed by atoms with van der Waals surface area (Å²) in [5.74, 6) is 0. The van der Waals surface area contributed by atoms with Crippen LogP contribution in [0.1, 0.15) is 11.6 Å². The Morgan fingerprint density at radius 2 is 1.90 bits per heavy atom. The van der Waals surface area contributed by atoms with Gasteiger partial charge in [-0.2, -0.15) is 0 Å². The molecule has 4 heteroatoms. The topological polar surface area (TPSA) is 50.9 Å². The number of nitrogens with zero attached hydrogens (tertiary/aromatic N) is 1. The highest BCUT2D eigenvalue weighted by atomic mass is 35.5. The Bertz CT molecular complexity index is 740. The van der Waals surface area contributed by atoms with Gasteiger partial charge in [0.2, 0.25) is 0 Å². The molecule has 3 N–H and O–H groups in total. The van der Waals surface area contributed by atoms with Crippen LogP contribution in [-0.4, -0.2) is 11.5 Å². The van der Waals surface area contributed by atoms with Crippen LogP contribution in [0.15, 0.2) is 60.8 Å². The van der Waals surface area contributed by atoms with Crippen molar-refractivity contribution < 1.29 is 0 Å². The number of nitrogens with two attached hydrogens (primary N) is 1. The van der Waals surface area contributed by atoms with Gasteiger partial charge in [0.05, 0.1) is 11.6 Å². The van der Waals surface area contributed by atoms with E-state index in [1.807, 2.05) is 36.4 Å². The molecule has 0 spiro atoms. The molecule has 1 unspecified atom stereocenters. The van der Waals surface area contributed by atoms with Crippen molar-refractivity contribution in [3.05, 3.63) is 71.4 Å². The van der Waals surface area contributed by atoms with Gasteiger partial charge in [-0.15, -0.1) is 0 Å². The lowest BCUT2D eigenvalue weighted by molar-refractivity contribution is 0.791. The first kappa shape index (κ1) is 13.9. The second-order valence-electron chi connectivity index (χ2n) is 4.90. The minimum atomic E-state index is 0.0516. The molecule has 0 fully saturated rings. The average molecular weight is 298 g/mol. The van der Waals surface area contributed by atoms with E-state index in [0.29, 0.717) is 6.54 Å². The zero-order chi connectivity index (χ0) is 14.7. The van der Waals surface area contributed by atoms with Crippen molar-refractivity contribution in [2.24, 2.45) is 5.73 Å². The van der Waals surface area contributed by atoms with Gasteiger partial charge in [-0.3, -0.25) is 4.98 Å². The predicted octanol–water partition coefficient (Wildman–Crippen LogP) is 4.00. The molecule has 0 radical (unpaired) electrons. The number of rotatable bonds is 4. The predicted molar refractivity (Wildman–Crippen MR) is 88.6 cm³/mol. The van der Waals surface area contributed by atoms with E-state index in [1.165, 1.54) is 0 Å². The zero-order valence-corrected chi connectivity index (χ0v) is 12.2. The van der Waals surface area contributed by atoms with Crippen LogP contribution in [0.4, 0.5) is 5.69 Å². The van der Waals surface area contributed by atoms with E-state index in [0.717, 1.165) is 27.2 Å². The van der Waals surface area contributed by atoms with E-state index >= 15 is 0 Å². The molecule has 0 amide bonds. The molecule has 3 rings (SSSR count). The molecule has 0 aliphatic heterocycles. The quantitative estimate of drug-likeness (QED) is 0.765. The number of aromatic nitrogens is 1. The van der Waals surface area contributed by atoms with Gasteiger partial charge in [0.25, 0.3) is 0 Å². The van der Waals surface area contributed by atoms with Crippen LogP contribution in [0.3, 0.4) is 0 Å². The van der Waals surface area contributed by atoms with Crippen molar-refractivity contribution >= 4 is 28.2 Å². The molecule has 2 aromatic carbocycles. The summed E-state index contributed by atoms with van der Waals surface area (Å²) in [6.45, 7) is 0.508. The first-order valence-electron chi connectivity index (χ1n) is 6.83. The van der Waals surface area contributed by atoms with Gasteiger partial charge in [-0.05, 0) is 48.0 Å². The summed E-state index contributed by atoms with van der Waals surface area (Å²) in [5.41, 5.74) is 9.06. The number of hydrogen-bond acceptors (Lipinski definition) is 3. The summed E-state index contributed by atoms with van der Waals surface area (Å²) in [5, 5.41) is 5.27. The second kappa shape index (κ2) is 6.12. The fraction of sp³-hybridized carbons (Fsp3) is 0.118. The molecular weight excluding hydrogens is 282 g/mol. The monoisotopic (exact) mass is 297 g/mol. The molecule has 0 aliphatic rings. The Morgan fingerprint density at radius 1 is 1.10 bits per heavy atom. The Kier molecular flexibility index (Phi) is 4.04. The number of nitrogens with one attached hydrogen (secondary N) is 1. The minimum absolute atomic E-state index is 0.0516. The van der Waals surface area contributed by atoms with E-state index in [2.05, 4.69) is 28.5 Å². The average Bonchev–Trinajstić information content (AvgIpc) is 2.54. The standard InChI is InChI=1S/C17H16ClN3/c18-14-4-6-15(7-5-14)21-17(11-19)13-3-8-16-12(10-13)2-1-9-20-16/h1-10,17,21H,11,19H2. The van der Waals surface area contributed by atoms with E-state index < -0.39 is 0 Å². The molecule has 1 heterocycles. The van der Waals surface area contributed by atoms with Crippen LogP contribution >= 0.6 is 11.6 Å². The summed E-state index contributed by atoms with van der Waals surface area (Å²) in [6.07, 6.45) is 1.80. The van der Waals surface area contributed by atoms with Gasteiger partial charge < -0.3 is 11.1 Å². The van der Waals surface area contributed by atoms with Crippen molar-refractivity contribution in [2.75, 3.05) is 11.9 Å². The largest absolute Gasteiger partial charge is 0.377 e. The summed E-state index contributed by atoms with van der Waals surface area (Å²) < 4.78 is 0. The van der Waals surface area contributed by atoms with Crippen LogP contribution in [0.25, 0.3) is 10.9 Å². The van der Waals surface area contributed by atoms with E-state index in [-0.39, 0.29) is 6.04 Å². The maximum Gasteiger partial charge on any atom is 0.0702 e. The van der Waals surface area contributed by atoms with Crippen molar-refractivity contribution in [3.8, 4) is 0 Å². The smallest absolute Gasteiger partial charge is 0.0702 e. The van der Waals surface area contributed by atoms with Crippen molar-refractivity contribution in [1.29, 1.82) is 0 Å². The molecule has 21 heavy (non-hydrogen) atoms. The number of anilines is 1. The normalized spacial score (nSPS) is 12.3. The van der Waals surface area contributed by atoms with Crippen LogP contribution < -0.4 is 11.1 Å². The SMILES string of the molecule is NCC(Nc1ccc(Cl)cc1)c1ccc2ncccc2c1. The number of fused-ring (bicyclic) bond motifs is 1. The molecule has 1 aromatic heterocycles. The summed E-state index contributed by atoms with van der Waals surface area (Å²) in [6, 6.07) is 17.9. The minimum Gasteiger partial charge on any atom is -0.377 e. The molecule has 3 aromatic rings. The number of hydrogen-bond donors (Lipinski definition) is 2. The Morgan fingerprint density at radius 3 is 2.67 bits per heavy atom. The van der Waals surface area contributed by atoms with E-state index in [9.17, 15) is 0 Å². The van der Waals surface area contributed by atoms with Gasteiger partial charge in [-0.25, -0.2) is 0 Å². The van der Waals surface area contributed by atoms with E-state index in [1.54, 1.807) is 6.20 Å². The van der Waals surface area contributed by atoms with Gasteiger partial charge in [0, 0.05) is 28.8 Å². The van der Waals surface area contributed by atoms with Gasteiger partial charge in [0.1, 0.15) is 0 Å². The molecule has 1 atom stereocenters. The molecule has 0 aliphatic carbocycles. The van der Waals surface area contributed by atoms with Gasteiger partial charge in [-0.1, -0.05) is 23.7 Å². The Hall–Kier alpha value is -2.10. The van der Waals surface area contributed by atoms with Crippen LogP contribution in [0, 0.1) is 0 Å². The third-order valence-corrected chi connectivity index (χ3v) is 3.70. The zero-order valence-electron chi connectivity index (χ0n) is 11.5. The molecule has 0 bridgehead atoms.